The van der Waals surface area contributed by atoms with Crippen LogP contribution in [0.5, 0.6) is 0 Å². The van der Waals surface area contributed by atoms with E-state index in [1.165, 1.54) is 12.6 Å². The molecule has 0 aromatic heterocycles. The van der Waals surface area contributed by atoms with Gasteiger partial charge >= 0.3 is 0 Å². The molecule has 2 atom stereocenters. The Morgan fingerprint density at radius 1 is 0.692 bits per heavy atom. The summed E-state index contributed by atoms with van der Waals surface area (Å²) in [6, 6.07) is 0. The summed E-state index contributed by atoms with van der Waals surface area (Å²) in [5.41, 5.74) is -0.343. The Bertz CT molecular complexity index is 369. The van der Waals surface area contributed by atoms with Gasteiger partial charge in [-0.1, -0.05) is 53.4 Å². The van der Waals surface area contributed by atoms with Gasteiger partial charge in [-0.3, -0.25) is 9.80 Å². The van der Waals surface area contributed by atoms with Gasteiger partial charge < -0.3 is 9.59 Å². The van der Waals surface area contributed by atoms with Crippen molar-refractivity contribution < 1.29 is 9.59 Å². The summed E-state index contributed by atoms with van der Waals surface area (Å²) in [6.45, 7) is 14.5. The van der Waals surface area contributed by atoms with E-state index in [2.05, 4.69) is 37.5 Å². The molecule has 4 heteroatoms. The van der Waals surface area contributed by atoms with E-state index in [4.69, 9.17) is 0 Å². The van der Waals surface area contributed by atoms with E-state index < -0.39 is 0 Å². The largest absolute Gasteiger partial charge is 0.303 e. The van der Waals surface area contributed by atoms with Crippen LogP contribution in [0.15, 0.2) is 0 Å². The first kappa shape index (κ1) is 23.3. The van der Waals surface area contributed by atoms with Gasteiger partial charge in [0, 0.05) is 50.1 Å². The molecule has 0 N–H and O–H groups in total. The fourth-order valence-corrected chi connectivity index (χ4v) is 4.15. The van der Waals surface area contributed by atoms with E-state index in [0.29, 0.717) is 0 Å². The van der Waals surface area contributed by atoms with Crippen molar-refractivity contribution in [3.8, 4) is 0 Å². The summed E-state index contributed by atoms with van der Waals surface area (Å²) in [6.07, 6.45) is 10.8. The SMILES string of the molecule is CCCCC(C=O)(CC)CN1CCN(CC(C=O)(CC)CCCC)CC1. The number of hydrogen-bond acceptors (Lipinski definition) is 4. The lowest BCUT2D eigenvalue weighted by Gasteiger charge is -2.42. The average Bonchev–Trinajstić information content (AvgIpc) is 2.70. The molecule has 1 heterocycles. The molecule has 0 amide bonds. The molecule has 0 aliphatic carbocycles. The van der Waals surface area contributed by atoms with Crippen molar-refractivity contribution in [2.24, 2.45) is 10.8 Å². The zero-order valence-electron chi connectivity index (χ0n) is 17.8. The summed E-state index contributed by atoms with van der Waals surface area (Å²) in [5.74, 6) is 0. The van der Waals surface area contributed by atoms with E-state index in [1.54, 1.807) is 0 Å². The first-order valence-electron chi connectivity index (χ1n) is 10.9. The number of hydrogen-bond donors (Lipinski definition) is 0. The van der Waals surface area contributed by atoms with Crippen LogP contribution in [0, 0.1) is 10.8 Å². The molecule has 0 spiro atoms. The predicted octanol–water partition coefficient (Wildman–Crippen LogP) is 4.18. The van der Waals surface area contributed by atoms with E-state index in [0.717, 1.165) is 90.6 Å². The summed E-state index contributed by atoms with van der Waals surface area (Å²) < 4.78 is 0. The third-order valence-electron chi connectivity index (χ3n) is 6.51. The second-order valence-corrected chi connectivity index (χ2v) is 8.43. The van der Waals surface area contributed by atoms with Crippen LogP contribution in [0.3, 0.4) is 0 Å². The Kier molecular flexibility index (Phi) is 10.6. The Morgan fingerprint density at radius 2 is 1.04 bits per heavy atom. The van der Waals surface area contributed by atoms with Crippen molar-refractivity contribution in [1.29, 1.82) is 0 Å². The molecule has 26 heavy (non-hydrogen) atoms. The Balaban J connectivity index is 2.57. The number of unbranched alkanes of at least 4 members (excludes halogenated alkanes) is 2. The molecule has 1 saturated heterocycles. The standard InChI is InChI=1S/C22H42N2O2/c1-5-9-11-21(7-3,19-25)17-23-13-15-24(16-14-23)18-22(8-4,20-26)12-10-6-2/h19-20H,5-18H2,1-4H3. The van der Waals surface area contributed by atoms with Gasteiger partial charge in [0.25, 0.3) is 0 Å². The molecule has 0 saturated carbocycles. The van der Waals surface area contributed by atoms with Gasteiger partial charge in [-0.05, 0) is 25.7 Å². The molecule has 0 radical (unpaired) electrons. The highest BCUT2D eigenvalue weighted by Gasteiger charge is 2.34. The molecule has 152 valence electrons. The third-order valence-corrected chi connectivity index (χ3v) is 6.51. The van der Waals surface area contributed by atoms with Gasteiger partial charge in [-0.25, -0.2) is 0 Å². The van der Waals surface area contributed by atoms with Crippen LogP contribution < -0.4 is 0 Å². The zero-order valence-corrected chi connectivity index (χ0v) is 17.8. The van der Waals surface area contributed by atoms with E-state index in [9.17, 15) is 9.59 Å². The smallest absolute Gasteiger partial charge is 0.127 e. The Labute approximate surface area is 161 Å². The minimum absolute atomic E-state index is 0.171. The topological polar surface area (TPSA) is 40.6 Å². The normalized spacial score (nSPS) is 21.1. The van der Waals surface area contributed by atoms with Crippen molar-refractivity contribution in [3.05, 3.63) is 0 Å². The Hall–Kier alpha value is -0.740. The van der Waals surface area contributed by atoms with Crippen LogP contribution >= 0.6 is 0 Å². The highest BCUT2D eigenvalue weighted by Crippen LogP contribution is 2.30. The monoisotopic (exact) mass is 366 g/mol. The van der Waals surface area contributed by atoms with E-state index in [-0.39, 0.29) is 10.8 Å². The number of carbonyl (C=O) groups is 2. The maximum atomic E-state index is 11.8. The summed E-state index contributed by atoms with van der Waals surface area (Å²) in [7, 11) is 0. The second kappa shape index (κ2) is 11.9. The third kappa shape index (κ3) is 6.77. The van der Waals surface area contributed by atoms with Crippen LogP contribution in [-0.4, -0.2) is 61.6 Å². The minimum atomic E-state index is -0.171. The summed E-state index contributed by atoms with van der Waals surface area (Å²) >= 11 is 0. The van der Waals surface area contributed by atoms with Gasteiger partial charge in [0.05, 0.1) is 0 Å². The summed E-state index contributed by atoms with van der Waals surface area (Å²) in [4.78, 5) is 28.5. The number of piperazine rings is 1. The van der Waals surface area contributed by atoms with Gasteiger partial charge in [0.1, 0.15) is 12.6 Å². The van der Waals surface area contributed by atoms with Gasteiger partial charge in [-0.15, -0.1) is 0 Å². The Morgan fingerprint density at radius 3 is 1.27 bits per heavy atom. The molecular weight excluding hydrogens is 324 g/mol. The number of carbonyl (C=O) groups excluding carboxylic acids is 2. The maximum absolute atomic E-state index is 11.8. The van der Waals surface area contributed by atoms with Crippen molar-refractivity contribution in [3.63, 3.8) is 0 Å². The molecule has 1 aliphatic heterocycles. The lowest BCUT2D eigenvalue weighted by molar-refractivity contribution is -0.120. The fourth-order valence-electron chi connectivity index (χ4n) is 4.15. The van der Waals surface area contributed by atoms with Crippen molar-refractivity contribution in [2.75, 3.05) is 39.3 Å². The first-order chi connectivity index (χ1) is 12.5. The van der Waals surface area contributed by atoms with Crippen molar-refractivity contribution >= 4 is 12.6 Å². The van der Waals surface area contributed by atoms with E-state index >= 15 is 0 Å². The minimum Gasteiger partial charge on any atom is -0.303 e. The molecule has 4 nitrogen and oxygen atoms in total. The quantitative estimate of drug-likeness (QED) is 0.433. The number of rotatable bonds is 14. The molecule has 1 fully saturated rings. The molecule has 0 bridgehead atoms. The van der Waals surface area contributed by atoms with Crippen LogP contribution in [0.4, 0.5) is 0 Å². The van der Waals surface area contributed by atoms with Gasteiger partial charge in [0.15, 0.2) is 0 Å². The average molecular weight is 367 g/mol. The first-order valence-corrected chi connectivity index (χ1v) is 10.9. The van der Waals surface area contributed by atoms with Crippen molar-refractivity contribution in [1.82, 2.24) is 9.80 Å². The molecule has 0 aromatic rings. The van der Waals surface area contributed by atoms with Crippen molar-refractivity contribution in [2.45, 2.75) is 79.1 Å². The fraction of sp³-hybridized carbons (Fsp3) is 0.909. The number of nitrogens with zero attached hydrogens (tertiary/aromatic N) is 2. The van der Waals surface area contributed by atoms with Gasteiger partial charge in [0.2, 0.25) is 0 Å². The highest BCUT2D eigenvalue weighted by atomic mass is 16.1. The summed E-state index contributed by atoms with van der Waals surface area (Å²) in [5, 5.41) is 0. The molecular formula is C22H42N2O2. The lowest BCUT2D eigenvalue weighted by atomic mass is 9.80. The molecule has 1 aliphatic rings. The molecule has 0 aromatic carbocycles. The maximum Gasteiger partial charge on any atom is 0.127 e. The van der Waals surface area contributed by atoms with Crippen LogP contribution in [0.25, 0.3) is 0 Å². The van der Waals surface area contributed by atoms with Crippen LogP contribution in [0.2, 0.25) is 0 Å². The lowest BCUT2D eigenvalue weighted by Crippen LogP contribution is -2.52. The second-order valence-electron chi connectivity index (χ2n) is 8.43. The highest BCUT2D eigenvalue weighted by molar-refractivity contribution is 5.60. The number of aldehydes is 2. The van der Waals surface area contributed by atoms with Gasteiger partial charge in [-0.2, -0.15) is 0 Å². The zero-order chi connectivity index (χ0) is 19.5. The molecule has 2 unspecified atom stereocenters. The molecule has 1 rings (SSSR count). The van der Waals surface area contributed by atoms with Crippen LogP contribution in [-0.2, 0) is 9.59 Å². The predicted molar refractivity (Wildman–Crippen MR) is 110 cm³/mol. The van der Waals surface area contributed by atoms with Crippen LogP contribution in [0.1, 0.15) is 79.1 Å². The van der Waals surface area contributed by atoms with E-state index in [1.807, 2.05) is 0 Å².